The number of hydrogen-bond donors (Lipinski definition) is 2. The molecule has 1 aromatic heterocycles. The van der Waals surface area contributed by atoms with Crippen molar-refractivity contribution in [2.75, 3.05) is 5.73 Å². The van der Waals surface area contributed by atoms with Crippen molar-refractivity contribution >= 4 is 11.5 Å². The molecule has 0 fully saturated rings. The van der Waals surface area contributed by atoms with Gasteiger partial charge in [0, 0.05) is 11.6 Å². The molecule has 0 atom stereocenters. The molecule has 0 aliphatic heterocycles. The smallest absolute Gasteiger partial charge is 0.305 e. The number of nitrogen functional groups attached to an aromatic ring is 1. The standard InChI is InChI=1S/C12H12F2N4O2/c1-2-3-6-11(16-17-12(6)15)9-7(13)4-5-8(10(9)14)18(19)20/h4-5H,2-3H2,1H3,(H3,15,16,17). The van der Waals surface area contributed by atoms with Gasteiger partial charge in [-0.25, -0.2) is 4.39 Å². The molecule has 1 aromatic carbocycles. The van der Waals surface area contributed by atoms with Crippen LogP contribution in [0.1, 0.15) is 18.9 Å². The molecule has 0 bridgehead atoms. The molecule has 3 N–H and O–H groups in total. The molecule has 0 saturated carbocycles. The third kappa shape index (κ3) is 2.20. The SMILES string of the molecule is CCCc1c(N)n[nH]c1-c1c(F)ccc([N+](=O)[O-])c1F. The number of nitrogens with one attached hydrogen (secondary N) is 1. The second-order valence-electron chi connectivity index (χ2n) is 4.23. The highest BCUT2D eigenvalue weighted by molar-refractivity contribution is 5.71. The number of aromatic amines is 1. The number of hydrogen-bond acceptors (Lipinski definition) is 4. The van der Waals surface area contributed by atoms with Crippen LogP contribution < -0.4 is 5.73 Å². The van der Waals surface area contributed by atoms with Crippen molar-refractivity contribution in [2.24, 2.45) is 0 Å². The Morgan fingerprint density at radius 2 is 2.15 bits per heavy atom. The Morgan fingerprint density at radius 3 is 2.75 bits per heavy atom. The van der Waals surface area contributed by atoms with E-state index in [4.69, 9.17) is 5.73 Å². The number of nitro groups is 1. The Labute approximate surface area is 112 Å². The topological polar surface area (TPSA) is 97.8 Å². The first-order valence-corrected chi connectivity index (χ1v) is 5.92. The average Bonchev–Trinajstić information content (AvgIpc) is 2.72. The third-order valence-electron chi connectivity index (χ3n) is 2.92. The molecular formula is C12H12F2N4O2. The van der Waals surface area contributed by atoms with Crippen molar-refractivity contribution < 1.29 is 13.7 Å². The van der Waals surface area contributed by atoms with Crippen molar-refractivity contribution in [3.8, 4) is 11.3 Å². The molecule has 1 heterocycles. The zero-order valence-corrected chi connectivity index (χ0v) is 10.6. The zero-order valence-electron chi connectivity index (χ0n) is 10.6. The lowest BCUT2D eigenvalue weighted by molar-refractivity contribution is -0.387. The van der Waals surface area contributed by atoms with E-state index >= 15 is 0 Å². The number of halogens is 2. The third-order valence-corrected chi connectivity index (χ3v) is 2.92. The van der Waals surface area contributed by atoms with Crippen LogP contribution in [-0.4, -0.2) is 15.1 Å². The van der Waals surface area contributed by atoms with Crippen molar-refractivity contribution in [2.45, 2.75) is 19.8 Å². The van der Waals surface area contributed by atoms with Crippen LogP contribution in [0.25, 0.3) is 11.3 Å². The molecular weight excluding hydrogens is 270 g/mol. The van der Waals surface area contributed by atoms with Gasteiger partial charge >= 0.3 is 5.69 Å². The van der Waals surface area contributed by atoms with Gasteiger partial charge in [-0.05, 0) is 12.5 Å². The van der Waals surface area contributed by atoms with Gasteiger partial charge in [-0.3, -0.25) is 15.2 Å². The summed E-state index contributed by atoms with van der Waals surface area (Å²) in [6.07, 6.45) is 1.15. The first-order chi connectivity index (χ1) is 9.47. The maximum atomic E-state index is 14.1. The predicted octanol–water partition coefficient (Wildman–Crippen LogP) is 2.80. The summed E-state index contributed by atoms with van der Waals surface area (Å²) in [5, 5.41) is 16.9. The molecule has 0 aliphatic rings. The predicted molar refractivity (Wildman–Crippen MR) is 69.0 cm³/mol. The lowest BCUT2D eigenvalue weighted by Crippen LogP contribution is -2.00. The van der Waals surface area contributed by atoms with Crippen LogP contribution in [0.2, 0.25) is 0 Å². The molecule has 2 aromatic rings. The van der Waals surface area contributed by atoms with E-state index in [2.05, 4.69) is 10.2 Å². The fraction of sp³-hybridized carbons (Fsp3) is 0.250. The minimum absolute atomic E-state index is 0.0445. The van der Waals surface area contributed by atoms with E-state index in [-0.39, 0.29) is 11.5 Å². The molecule has 0 saturated heterocycles. The molecule has 8 heteroatoms. The molecule has 0 radical (unpaired) electrons. The Bertz CT molecular complexity index is 670. The van der Waals surface area contributed by atoms with Gasteiger partial charge in [0.2, 0.25) is 5.82 Å². The van der Waals surface area contributed by atoms with Crippen LogP contribution in [0, 0.1) is 21.7 Å². The lowest BCUT2D eigenvalue weighted by atomic mass is 10.0. The van der Waals surface area contributed by atoms with Gasteiger partial charge in [0.25, 0.3) is 0 Å². The fourth-order valence-corrected chi connectivity index (χ4v) is 2.00. The number of nitro benzene ring substituents is 1. The second-order valence-corrected chi connectivity index (χ2v) is 4.23. The summed E-state index contributed by atoms with van der Waals surface area (Å²) in [4.78, 5) is 9.82. The molecule has 6 nitrogen and oxygen atoms in total. The molecule has 106 valence electrons. The van der Waals surface area contributed by atoms with Crippen LogP contribution in [-0.2, 0) is 6.42 Å². The van der Waals surface area contributed by atoms with E-state index in [9.17, 15) is 18.9 Å². The van der Waals surface area contributed by atoms with E-state index in [0.717, 1.165) is 12.1 Å². The van der Waals surface area contributed by atoms with Crippen LogP contribution >= 0.6 is 0 Å². The van der Waals surface area contributed by atoms with Crippen LogP contribution in [0.15, 0.2) is 12.1 Å². The highest BCUT2D eigenvalue weighted by Gasteiger charge is 2.26. The monoisotopic (exact) mass is 282 g/mol. The van der Waals surface area contributed by atoms with Crippen molar-refractivity contribution in [1.29, 1.82) is 0 Å². The number of H-pyrrole nitrogens is 1. The van der Waals surface area contributed by atoms with Crippen molar-refractivity contribution in [1.82, 2.24) is 10.2 Å². The van der Waals surface area contributed by atoms with E-state index in [1.54, 1.807) is 0 Å². The van der Waals surface area contributed by atoms with E-state index in [1.165, 1.54) is 0 Å². The van der Waals surface area contributed by atoms with E-state index in [1.807, 2.05) is 6.92 Å². The fourth-order valence-electron chi connectivity index (χ4n) is 2.00. The molecule has 0 aliphatic carbocycles. The Morgan fingerprint density at radius 1 is 1.45 bits per heavy atom. The van der Waals surface area contributed by atoms with Gasteiger partial charge in [-0.15, -0.1) is 0 Å². The average molecular weight is 282 g/mol. The van der Waals surface area contributed by atoms with Crippen molar-refractivity contribution in [3.63, 3.8) is 0 Å². The highest BCUT2D eigenvalue weighted by Crippen LogP contribution is 2.34. The van der Waals surface area contributed by atoms with Gasteiger partial charge in [0.15, 0.2) is 0 Å². The number of nitrogens with zero attached hydrogens (tertiary/aromatic N) is 2. The summed E-state index contributed by atoms with van der Waals surface area (Å²) < 4.78 is 28.0. The summed E-state index contributed by atoms with van der Waals surface area (Å²) in [7, 11) is 0. The molecule has 20 heavy (non-hydrogen) atoms. The van der Waals surface area contributed by atoms with Gasteiger partial charge < -0.3 is 5.73 Å². The first-order valence-electron chi connectivity index (χ1n) is 5.92. The number of benzene rings is 1. The number of nitrogens with two attached hydrogens (primary N) is 1. The summed E-state index contributed by atoms with van der Waals surface area (Å²) in [6, 6.07) is 1.64. The minimum atomic E-state index is -1.24. The number of rotatable bonds is 4. The summed E-state index contributed by atoms with van der Waals surface area (Å²) in [6.45, 7) is 1.87. The first kappa shape index (κ1) is 13.9. The van der Waals surface area contributed by atoms with Gasteiger partial charge in [0.05, 0.1) is 16.2 Å². The maximum absolute atomic E-state index is 14.1. The Hall–Kier alpha value is -2.51. The summed E-state index contributed by atoms with van der Waals surface area (Å²) >= 11 is 0. The van der Waals surface area contributed by atoms with Crippen LogP contribution in [0.4, 0.5) is 20.3 Å². The van der Waals surface area contributed by atoms with Crippen LogP contribution in [0.3, 0.4) is 0 Å². The van der Waals surface area contributed by atoms with Crippen LogP contribution in [0.5, 0.6) is 0 Å². The number of anilines is 1. The molecule has 0 unspecified atom stereocenters. The Kier molecular flexibility index (Phi) is 3.64. The highest BCUT2D eigenvalue weighted by atomic mass is 19.1. The quantitative estimate of drug-likeness (QED) is 0.665. The largest absolute Gasteiger partial charge is 0.382 e. The van der Waals surface area contributed by atoms with E-state index < -0.39 is 27.8 Å². The molecule has 0 amide bonds. The van der Waals surface area contributed by atoms with Gasteiger partial charge in [0.1, 0.15) is 11.6 Å². The normalized spacial score (nSPS) is 10.8. The number of aromatic nitrogens is 2. The summed E-state index contributed by atoms with van der Waals surface area (Å²) in [5.74, 6) is -2.02. The van der Waals surface area contributed by atoms with Gasteiger partial charge in [-0.2, -0.15) is 9.49 Å². The lowest BCUT2D eigenvalue weighted by Gasteiger charge is -2.06. The zero-order chi connectivity index (χ0) is 14.9. The molecule has 0 spiro atoms. The maximum Gasteiger partial charge on any atom is 0.305 e. The minimum Gasteiger partial charge on any atom is -0.382 e. The van der Waals surface area contributed by atoms with E-state index in [0.29, 0.717) is 18.4 Å². The second kappa shape index (κ2) is 5.24. The van der Waals surface area contributed by atoms with Gasteiger partial charge in [-0.1, -0.05) is 13.3 Å². The van der Waals surface area contributed by atoms with Crippen molar-refractivity contribution in [3.05, 3.63) is 39.4 Å². The Balaban J connectivity index is 2.69. The summed E-state index contributed by atoms with van der Waals surface area (Å²) in [5.41, 5.74) is 4.83. The molecule has 2 rings (SSSR count).